The zero-order valence-corrected chi connectivity index (χ0v) is 27.3. The van der Waals surface area contributed by atoms with Crippen LogP contribution in [0.1, 0.15) is 31.5 Å². The van der Waals surface area contributed by atoms with Crippen LogP contribution in [0.15, 0.2) is 48.7 Å². The summed E-state index contributed by atoms with van der Waals surface area (Å²) in [6.07, 6.45) is -6.86. The zero-order chi connectivity index (χ0) is 35.3. The van der Waals surface area contributed by atoms with Gasteiger partial charge in [-0.05, 0) is 78.8 Å². The highest BCUT2D eigenvalue weighted by atomic mass is 127. The van der Waals surface area contributed by atoms with E-state index in [1.54, 1.807) is 24.3 Å². The van der Waals surface area contributed by atoms with Crippen LogP contribution in [0.4, 0.5) is 35.5 Å². The number of alkyl halides is 5. The number of aromatic nitrogens is 2. The molecule has 3 rings (SSSR count). The lowest BCUT2D eigenvalue weighted by Gasteiger charge is -2.37. The maximum atomic E-state index is 15.3. The molecule has 47 heavy (non-hydrogen) atoms. The first-order valence-electron chi connectivity index (χ1n) is 13.8. The minimum Gasteiger partial charge on any atom is -0.453 e. The van der Waals surface area contributed by atoms with Gasteiger partial charge < -0.3 is 20.9 Å². The monoisotopic (exact) mass is 788 g/mol. The summed E-state index contributed by atoms with van der Waals surface area (Å²) in [7, 11) is 0.871. The average molecular weight is 789 g/mol. The molecule has 3 atom stereocenters. The van der Waals surface area contributed by atoms with E-state index in [0.717, 1.165) is 45.6 Å². The second-order valence-electron chi connectivity index (χ2n) is 11.1. The van der Waals surface area contributed by atoms with E-state index < -0.39 is 78.6 Å². The molecular formula is C29H32F7IN6O4. The minimum absolute atomic E-state index is 0.121. The van der Waals surface area contributed by atoms with E-state index in [2.05, 4.69) is 37.9 Å². The number of methoxy groups -OCH3 is 1. The van der Waals surface area contributed by atoms with Gasteiger partial charge in [-0.15, -0.1) is 0 Å². The molecule has 0 fully saturated rings. The van der Waals surface area contributed by atoms with Crippen LogP contribution in [0, 0.1) is 20.6 Å². The van der Waals surface area contributed by atoms with E-state index in [9.17, 15) is 36.6 Å². The molecule has 10 nitrogen and oxygen atoms in total. The molecule has 18 heteroatoms. The Kier molecular flexibility index (Phi) is 12.6. The summed E-state index contributed by atoms with van der Waals surface area (Å²) in [5, 5.41) is 17.1. The van der Waals surface area contributed by atoms with Gasteiger partial charge >= 0.3 is 18.8 Å². The van der Waals surface area contributed by atoms with E-state index in [4.69, 9.17) is 5.73 Å². The number of halogens is 8. The molecule has 1 aromatic heterocycles. The van der Waals surface area contributed by atoms with Crippen molar-refractivity contribution in [1.29, 1.82) is 0 Å². The van der Waals surface area contributed by atoms with Gasteiger partial charge in [-0.25, -0.2) is 23.3 Å². The maximum absolute atomic E-state index is 15.3. The predicted octanol–water partition coefficient (Wildman–Crippen LogP) is 4.91. The molecule has 0 bridgehead atoms. The highest BCUT2D eigenvalue weighted by molar-refractivity contribution is 14.1. The quantitative estimate of drug-likeness (QED) is 0.110. The molecule has 0 aliphatic carbocycles. The number of aliphatic hydroxyl groups is 1. The van der Waals surface area contributed by atoms with Crippen LogP contribution in [-0.4, -0.2) is 69.9 Å². The highest BCUT2D eigenvalue weighted by Gasteiger charge is 2.56. The number of nitrogens with one attached hydrogen (secondary N) is 2. The van der Waals surface area contributed by atoms with E-state index in [1.165, 1.54) is 0 Å². The Labute approximate surface area is 278 Å². The summed E-state index contributed by atoms with van der Waals surface area (Å²) < 4.78 is 104. The van der Waals surface area contributed by atoms with Crippen LogP contribution in [0.3, 0.4) is 0 Å². The molecule has 0 unspecified atom stereocenters. The molecule has 258 valence electrons. The number of hydrogen-bond donors (Lipinski definition) is 4. The summed E-state index contributed by atoms with van der Waals surface area (Å²) in [5.41, 5.74) is 5.06. The lowest BCUT2D eigenvalue weighted by molar-refractivity contribution is -0.221. The SMILES string of the molecule is COC(=O)N[C@H](C(=O)NN(Cc1c(F)cc(-c2ccn(C(F)F)n2)cc1F)C[C@H](O)[C@@H](N)Cc1ccc(I)cc1)C(C)(C)C(F)(F)F. The molecule has 2 amide bonds. The number of carbonyl (C=O) groups is 2. The number of benzene rings is 2. The number of carbonyl (C=O) groups excluding carboxylic acids is 2. The van der Waals surface area contributed by atoms with Crippen molar-refractivity contribution in [2.24, 2.45) is 11.1 Å². The van der Waals surface area contributed by atoms with Crippen LogP contribution in [0.5, 0.6) is 0 Å². The molecule has 1 heterocycles. The molecule has 0 saturated heterocycles. The minimum atomic E-state index is -5.03. The molecule has 5 N–H and O–H groups in total. The Morgan fingerprint density at radius 2 is 1.70 bits per heavy atom. The van der Waals surface area contributed by atoms with Gasteiger partial charge in [-0.2, -0.15) is 27.1 Å². The third kappa shape index (κ3) is 9.77. The zero-order valence-electron chi connectivity index (χ0n) is 25.2. The number of aliphatic hydroxyl groups excluding tert-OH is 1. The Hall–Kier alpha value is -3.49. The van der Waals surface area contributed by atoms with Gasteiger partial charge in [0.25, 0.3) is 5.91 Å². The maximum Gasteiger partial charge on any atom is 0.407 e. The van der Waals surface area contributed by atoms with Crippen LogP contribution in [0.25, 0.3) is 11.3 Å². The summed E-state index contributed by atoms with van der Waals surface area (Å²) >= 11 is 2.09. The Balaban J connectivity index is 1.95. The van der Waals surface area contributed by atoms with E-state index >= 15 is 8.78 Å². The van der Waals surface area contributed by atoms with Gasteiger partial charge in [-0.1, -0.05) is 12.1 Å². The number of alkyl carbamates (subject to hydrolysis) is 1. The average Bonchev–Trinajstić information content (AvgIpc) is 3.49. The third-order valence-electron chi connectivity index (χ3n) is 7.31. The first kappa shape index (κ1) is 38.0. The van der Waals surface area contributed by atoms with Crippen LogP contribution in [0.2, 0.25) is 0 Å². The Morgan fingerprint density at radius 3 is 2.21 bits per heavy atom. The van der Waals surface area contributed by atoms with Crippen LogP contribution < -0.4 is 16.5 Å². The van der Waals surface area contributed by atoms with Crippen molar-refractivity contribution in [1.82, 2.24) is 25.5 Å². The topological polar surface area (TPSA) is 135 Å². The van der Waals surface area contributed by atoms with Gasteiger partial charge in [0.1, 0.15) is 17.7 Å². The van der Waals surface area contributed by atoms with Gasteiger partial charge in [-0.3, -0.25) is 10.2 Å². The molecule has 3 aromatic rings. The van der Waals surface area contributed by atoms with Gasteiger partial charge in [0, 0.05) is 40.0 Å². The summed E-state index contributed by atoms with van der Waals surface area (Å²) in [5.74, 6) is -3.89. The normalized spacial score (nSPS) is 14.2. The second-order valence-corrected chi connectivity index (χ2v) is 12.3. The molecule has 0 aliphatic rings. The van der Waals surface area contributed by atoms with Gasteiger partial charge in [0.15, 0.2) is 0 Å². The van der Waals surface area contributed by atoms with Crippen molar-refractivity contribution in [2.45, 2.75) is 57.7 Å². The lowest BCUT2D eigenvalue weighted by atomic mass is 9.83. The van der Waals surface area contributed by atoms with E-state index in [0.29, 0.717) is 13.8 Å². The fourth-order valence-electron chi connectivity index (χ4n) is 4.37. The fraction of sp³-hybridized carbons (Fsp3) is 0.414. The summed E-state index contributed by atoms with van der Waals surface area (Å²) in [4.78, 5) is 25.3. The third-order valence-corrected chi connectivity index (χ3v) is 8.03. The Bertz CT molecular complexity index is 1510. The van der Waals surface area contributed by atoms with E-state index in [-0.39, 0.29) is 22.4 Å². The van der Waals surface area contributed by atoms with Gasteiger partial charge in [0.05, 0.1) is 24.3 Å². The number of rotatable bonds is 13. The standard InChI is InChI=1S/C29H32F7IN6O4/c1-28(2,29(34,35)36)24(39-27(46)47-3)25(45)41-42(14-23(44)21(38)10-15-4-6-17(37)7-5-15)13-18-19(30)11-16(12-20(18)31)22-8-9-43(40-22)26(32)33/h4-9,11-12,21,23-24,26,44H,10,13-14,38H2,1-3H3,(H,39,46)(H,41,45)/t21-,23-,24+/m0/s1. The number of hydrazine groups is 1. The lowest BCUT2D eigenvalue weighted by Crippen LogP contribution is -2.62. The molecule has 0 radical (unpaired) electrons. The van der Waals surface area contributed by atoms with Crippen molar-refractivity contribution in [3.05, 3.63) is 75.0 Å². The van der Waals surface area contributed by atoms with Crippen LogP contribution in [-0.2, 0) is 22.5 Å². The number of nitrogens with zero attached hydrogens (tertiary/aromatic N) is 3. The molecule has 2 aromatic carbocycles. The van der Waals surface area contributed by atoms with Crippen molar-refractivity contribution in [2.75, 3.05) is 13.7 Å². The summed E-state index contributed by atoms with van der Waals surface area (Å²) in [6, 6.07) is 6.49. The van der Waals surface area contributed by atoms with E-state index in [1.807, 2.05) is 5.32 Å². The predicted molar refractivity (Wildman–Crippen MR) is 163 cm³/mol. The van der Waals surface area contributed by atoms with Crippen molar-refractivity contribution in [3.63, 3.8) is 0 Å². The first-order valence-corrected chi connectivity index (χ1v) is 14.9. The number of ether oxygens (including phenoxy) is 1. The number of hydrogen-bond acceptors (Lipinski definition) is 7. The van der Waals surface area contributed by atoms with Crippen molar-refractivity contribution < 1.29 is 50.2 Å². The number of amides is 2. The first-order chi connectivity index (χ1) is 21.8. The van der Waals surface area contributed by atoms with Crippen molar-refractivity contribution >= 4 is 34.6 Å². The molecule has 0 saturated carbocycles. The van der Waals surface area contributed by atoms with Gasteiger partial charge in [0.2, 0.25) is 0 Å². The van der Waals surface area contributed by atoms with Crippen LogP contribution >= 0.6 is 22.6 Å². The number of nitrogens with two attached hydrogens (primary N) is 1. The molecule has 0 spiro atoms. The smallest absolute Gasteiger partial charge is 0.407 e. The Morgan fingerprint density at radius 1 is 1.11 bits per heavy atom. The summed E-state index contributed by atoms with van der Waals surface area (Å²) in [6.45, 7) is -3.18. The molecule has 0 aliphatic heterocycles. The highest BCUT2D eigenvalue weighted by Crippen LogP contribution is 2.40. The fourth-order valence-corrected chi connectivity index (χ4v) is 4.73. The second kappa shape index (κ2) is 15.6. The van der Waals surface area contributed by atoms with Crippen molar-refractivity contribution in [3.8, 4) is 11.3 Å². The largest absolute Gasteiger partial charge is 0.453 e. The molecular weight excluding hydrogens is 756 g/mol.